The predicted octanol–water partition coefficient (Wildman–Crippen LogP) is 3.17. The summed E-state index contributed by atoms with van der Waals surface area (Å²) in [7, 11) is 2.10. The molecule has 1 rings (SSSR count). The fourth-order valence-corrected chi connectivity index (χ4v) is 1.82. The van der Waals surface area contributed by atoms with Crippen molar-refractivity contribution in [2.45, 2.75) is 33.6 Å². The van der Waals surface area contributed by atoms with Gasteiger partial charge < -0.3 is 10.6 Å². The largest absolute Gasteiger partial charge is 0.387 e. The second-order valence-corrected chi connectivity index (χ2v) is 5.66. The second kappa shape index (κ2) is 5.89. The molecule has 0 aliphatic heterocycles. The third kappa shape index (κ3) is 4.06. The maximum absolute atomic E-state index is 7.53. The molecule has 0 aliphatic rings. The Hall–Kier alpha value is -1.51. The zero-order valence-corrected chi connectivity index (χ0v) is 12.0. The van der Waals surface area contributed by atoms with E-state index < -0.39 is 0 Å². The van der Waals surface area contributed by atoms with E-state index in [1.807, 2.05) is 13.8 Å². The van der Waals surface area contributed by atoms with Crippen molar-refractivity contribution in [1.29, 1.82) is 5.41 Å². The molecule has 0 aromatic heterocycles. The number of hydrogen-bond donors (Lipinski definition) is 2. The van der Waals surface area contributed by atoms with Crippen LogP contribution in [0.15, 0.2) is 24.3 Å². The molecule has 1 aromatic rings. The predicted molar refractivity (Wildman–Crippen MR) is 79.4 cm³/mol. The van der Waals surface area contributed by atoms with Gasteiger partial charge in [0.25, 0.3) is 0 Å². The molecule has 0 bridgehead atoms. The molecule has 3 heteroatoms. The van der Waals surface area contributed by atoms with E-state index in [9.17, 15) is 0 Å². The Balaban J connectivity index is 2.45. The van der Waals surface area contributed by atoms with Crippen LogP contribution in [0.5, 0.6) is 0 Å². The monoisotopic (exact) mass is 247 g/mol. The Morgan fingerprint density at radius 3 is 2.33 bits per heavy atom. The maximum atomic E-state index is 7.53. The van der Waals surface area contributed by atoms with Crippen molar-refractivity contribution in [3.8, 4) is 0 Å². The minimum atomic E-state index is -0.186. The van der Waals surface area contributed by atoms with Gasteiger partial charge in [0.1, 0.15) is 0 Å². The molecule has 1 aromatic carbocycles. The zero-order chi connectivity index (χ0) is 13.8. The highest BCUT2D eigenvalue weighted by Gasteiger charge is 2.20. The molecule has 0 saturated carbocycles. The highest BCUT2D eigenvalue weighted by Crippen LogP contribution is 2.22. The lowest BCUT2D eigenvalue weighted by molar-refractivity contribution is 0.452. The van der Waals surface area contributed by atoms with E-state index in [0.29, 0.717) is 0 Å². The zero-order valence-electron chi connectivity index (χ0n) is 12.0. The van der Waals surface area contributed by atoms with Gasteiger partial charge in [0, 0.05) is 24.7 Å². The van der Waals surface area contributed by atoms with Crippen LogP contribution >= 0.6 is 0 Å². The molecule has 0 spiro atoms. The van der Waals surface area contributed by atoms with Gasteiger partial charge in [0.2, 0.25) is 0 Å². The van der Waals surface area contributed by atoms with Gasteiger partial charge in [-0.25, -0.2) is 0 Å². The molecule has 0 radical (unpaired) electrons. The quantitative estimate of drug-likeness (QED) is 0.599. The van der Waals surface area contributed by atoms with Crippen LogP contribution in [0.3, 0.4) is 0 Å². The molecule has 0 heterocycles. The molecule has 0 amide bonds. The van der Waals surface area contributed by atoms with Crippen molar-refractivity contribution in [1.82, 2.24) is 0 Å². The van der Waals surface area contributed by atoms with E-state index in [0.717, 1.165) is 19.4 Å². The topological polar surface area (TPSA) is 53.1 Å². The smallest absolute Gasteiger partial charge is 0.0963 e. The maximum Gasteiger partial charge on any atom is 0.0963 e. The number of anilines is 1. The van der Waals surface area contributed by atoms with Gasteiger partial charge in [-0.2, -0.15) is 0 Å². The first-order valence-corrected chi connectivity index (χ1v) is 6.45. The molecular weight excluding hydrogens is 222 g/mol. The van der Waals surface area contributed by atoms with Gasteiger partial charge in [-0.3, -0.25) is 5.41 Å². The van der Waals surface area contributed by atoms with Crippen LogP contribution < -0.4 is 10.6 Å². The number of benzene rings is 1. The van der Waals surface area contributed by atoms with E-state index in [-0.39, 0.29) is 11.3 Å². The van der Waals surface area contributed by atoms with Crippen LogP contribution in [0.2, 0.25) is 0 Å². The van der Waals surface area contributed by atoms with Gasteiger partial charge in [0.05, 0.1) is 5.84 Å². The normalized spacial score (nSPS) is 11.3. The number of amidine groups is 1. The molecule has 0 unspecified atom stereocenters. The van der Waals surface area contributed by atoms with Crippen LogP contribution in [-0.2, 0) is 0 Å². The first kappa shape index (κ1) is 14.6. The average molecular weight is 247 g/mol. The Bertz CT molecular complexity index is 393. The van der Waals surface area contributed by atoms with E-state index >= 15 is 0 Å². The standard InChI is InChI=1S/C15H25N3/c1-12-6-8-13(9-7-12)18(4)11-5-10-15(2,3)14(16)17/h6-9H,5,10-11H2,1-4H3,(H3,16,17). The van der Waals surface area contributed by atoms with Crippen molar-refractivity contribution in [2.24, 2.45) is 11.1 Å². The summed E-state index contributed by atoms with van der Waals surface area (Å²) in [4.78, 5) is 2.25. The number of rotatable bonds is 6. The van der Waals surface area contributed by atoms with Crippen LogP contribution in [0.4, 0.5) is 5.69 Å². The Kier molecular flexibility index (Phi) is 4.76. The van der Waals surface area contributed by atoms with E-state index in [1.165, 1.54) is 11.3 Å². The van der Waals surface area contributed by atoms with Crippen LogP contribution in [-0.4, -0.2) is 19.4 Å². The summed E-state index contributed by atoms with van der Waals surface area (Å²) in [6, 6.07) is 8.55. The summed E-state index contributed by atoms with van der Waals surface area (Å²) >= 11 is 0. The third-order valence-corrected chi connectivity index (χ3v) is 3.50. The van der Waals surface area contributed by atoms with Crippen molar-refractivity contribution in [3.05, 3.63) is 29.8 Å². The van der Waals surface area contributed by atoms with E-state index in [2.05, 4.69) is 43.1 Å². The van der Waals surface area contributed by atoms with Crippen LogP contribution in [0, 0.1) is 17.7 Å². The Morgan fingerprint density at radius 2 is 1.83 bits per heavy atom. The van der Waals surface area contributed by atoms with E-state index in [4.69, 9.17) is 11.1 Å². The highest BCUT2D eigenvalue weighted by atomic mass is 15.1. The Labute approximate surface area is 111 Å². The van der Waals surface area contributed by atoms with Gasteiger partial charge in [-0.1, -0.05) is 31.5 Å². The van der Waals surface area contributed by atoms with Crippen molar-refractivity contribution < 1.29 is 0 Å². The summed E-state index contributed by atoms with van der Waals surface area (Å²) in [5.74, 6) is 0.278. The molecule has 100 valence electrons. The van der Waals surface area contributed by atoms with Gasteiger partial charge in [-0.15, -0.1) is 0 Å². The number of nitrogens with two attached hydrogens (primary N) is 1. The Morgan fingerprint density at radius 1 is 1.28 bits per heavy atom. The molecule has 0 aliphatic carbocycles. The fourth-order valence-electron chi connectivity index (χ4n) is 1.82. The minimum absolute atomic E-state index is 0.186. The summed E-state index contributed by atoms with van der Waals surface area (Å²) in [5.41, 5.74) is 7.92. The van der Waals surface area contributed by atoms with Gasteiger partial charge >= 0.3 is 0 Å². The summed E-state index contributed by atoms with van der Waals surface area (Å²) in [6.45, 7) is 7.14. The lowest BCUT2D eigenvalue weighted by Gasteiger charge is -2.25. The van der Waals surface area contributed by atoms with Crippen molar-refractivity contribution in [3.63, 3.8) is 0 Å². The lowest BCUT2D eigenvalue weighted by Crippen LogP contribution is -2.31. The van der Waals surface area contributed by atoms with Crippen molar-refractivity contribution >= 4 is 11.5 Å². The molecule has 3 nitrogen and oxygen atoms in total. The number of aryl methyl sites for hydroxylation is 1. The second-order valence-electron chi connectivity index (χ2n) is 5.66. The average Bonchev–Trinajstić information content (AvgIpc) is 2.29. The van der Waals surface area contributed by atoms with Crippen molar-refractivity contribution in [2.75, 3.05) is 18.5 Å². The summed E-state index contributed by atoms with van der Waals surface area (Å²) < 4.78 is 0. The van der Waals surface area contributed by atoms with Gasteiger partial charge in [-0.05, 0) is 31.9 Å². The summed E-state index contributed by atoms with van der Waals surface area (Å²) in [6.07, 6.45) is 1.98. The molecule has 0 fully saturated rings. The summed E-state index contributed by atoms with van der Waals surface area (Å²) in [5, 5.41) is 7.53. The lowest BCUT2D eigenvalue weighted by atomic mass is 9.86. The SMILES string of the molecule is Cc1ccc(N(C)CCCC(C)(C)C(=N)N)cc1. The van der Waals surface area contributed by atoms with Crippen LogP contribution in [0.25, 0.3) is 0 Å². The first-order valence-electron chi connectivity index (χ1n) is 6.45. The number of nitrogens with one attached hydrogen (secondary N) is 1. The van der Waals surface area contributed by atoms with E-state index in [1.54, 1.807) is 0 Å². The van der Waals surface area contributed by atoms with Crippen LogP contribution in [0.1, 0.15) is 32.3 Å². The molecule has 0 atom stereocenters. The molecular formula is C15H25N3. The molecule has 3 N–H and O–H groups in total. The van der Waals surface area contributed by atoms with Gasteiger partial charge in [0.15, 0.2) is 0 Å². The minimum Gasteiger partial charge on any atom is -0.387 e. The number of hydrogen-bond acceptors (Lipinski definition) is 2. The third-order valence-electron chi connectivity index (χ3n) is 3.50. The number of nitrogens with zero attached hydrogens (tertiary/aromatic N) is 1. The first-order chi connectivity index (χ1) is 8.33. The fraction of sp³-hybridized carbons (Fsp3) is 0.533. The molecule has 18 heavy (non-hydrogen) atoms. The molecule has 0 saturated heterocycles. The highest BCUT2D eigenvalue weighted by molar-refractivity contribution is 5.82.